The number of rotatable bonds is 4. The fourth-order valence-electron chi connectivity index (χ4n) is 3.51. The molecule has 1 heterocycles. The van der Waals surface area contributed by atoms with E-state index in [2.05, 4.69) is 29.2 Å². The lowest BCUT2D eigenvalue weighted by Crippen LogP contribution is -2.42. The summed E-state index contributed by atoms with van der Waals surface area (Å²) in [5.41, 5.74) is 2.70. The van der Waals surface area contributed by atoms with Gasteiger partial charge in [0.2, 0.25) is 0 Å². The van der Waals surface area contributed by atoms with Gasteiger partial charge >= 0.3 is 5.97 Å². The Morgan fingerprint density at radius 1 is 1.00 bits per heavy atom. The van der Waals surface area contributed by atoms with Gasteiger partial charge in [0.25, 0.3) is 5.91 Å². The number of ether oxygens (including phenoxy) is 1. The Morgan fingerprint density at radius 2 is 1.62 bits per heavy atom. The number of hydrogen-bond donors (Lipinski definition) is 0. The summed E-state index contributed by atoms with van der Waals surface area (Å²) in [6.07, 6.45) is 4.00. The van der Waals surface area contributed by atoms with E-state index in [1.165, 1.54) is 29.6 Å². The molecule has 4 nitrogen and oxygen atoms in total. The Balaban J connectivity index is 1.57. The molecule has 5 heteroatoms. The Labute approximate surface area is 145 Å². The lowest BCUT2D eigenvalue weighted by Gasteiger charge is -2.28. The number of carbonyl (C=O) groups is 2. The smallest absolute Gasteiger partial charge is 0.348 e. The van der Waals surface area contributed by atoms with Crippen LogP contribution in [0.2, 0.25) is 0 Å². The predicted octanol–water partition coefficient (Wildman–Crippen LogP) is 3.31. The molecule has 2 aliphatic rings. The van der Waals surface area contributed by atoms with Gasteiger partial charge in [-0.25, -0.2) is 4.79 Å². The van der Waals surface area contributed by atoms with Crippen molar-refractivity contribution in [3.8, 4) is 0 Å². The highest BCUT2D eigenvalue weighted by Crippen LogP contribution is 2.36. The maximum atomic E-state index is 13.1. The molecule has 1 saturated carbocycles. The molecular weight excluding hydrogens is 322 g/mol. The van der Waals surface area contributed by atoms with E-state index >= 15 is 0 Å². The van der Waals surface area contributed by atoms with Crippen LogP contribution in [0.15, 0.2) is 36.4 Å². The van der Waals surface area contributed by atoms with Gasteiger partial charge < -0.3 is 9.64 Å². The van der Waals surface area contributed by atoms with Crippen LogP contribution in [-0.4, -0.2) is 36.0 Å². The molecule has 0 spiro atoms. The van der Waals surface area contributed by atoms with Crippen LogP contribution in [0.4, 0.5) is 0 Å². The summed E-state index contributed by atoms with van der Waals surface area (Å²) in [5, 5.41) is 0. The molecule has 1 fully saturated rings. The zero-order chi connectivity index (χ0) is 16.7. The number of nitrogens with zero attached hydrogens (tertiary/aromatic N) is 1. The number of thiophene rings is 1. The molecule has 0 atom stereocenters. The fourth-order valence-corrected chi connectivity index (χ4v) is 4.37. The number of amides is 1. The molecule has 0 N–H and O–H groups in total. The third kappa shape index (κ3) is 2.73. The van der Waals surface area contributed by atoms with Crippen molar-refractivity contribution in [2.75, 3.05) is 7.11 Å². The summed E-state index contributed by atoms with van der Waals surface area (Å²) >= 11 is 1.22. The van der Waals surface area contributed by atoms with Crippen molar-refractivity contribution in [3.05, 3.63) is 57.3 Å². The minimum atomic E-state index is -0.384. The van der Waals surface area contributed by atoms with Gasteiger partial charge in [-0.2, -0.15) is 0 Å². The average Bonchev–Trinajstić information content (AvgIpc) is 3.14. The number of esters is 1. The minimum Gasteiger partial charge on any atom is -0.465 e. The maximum absolute atomic E-state index is 13.1. The van der Waals surface area contributed by atoms with Crippen molar-refractivity contribution in [3.63, 3.8) is 0 Å². The normalized spacial score (nSPS) is 16.7. The van der Waals surface area contributed by atoms with Gasteiger partial charge in [0.1, 0.15) is 4.88 Å². The molecule has 0 aliphatic heterocycles. The minimum absolute atomic E-state index is 0.0514. The number of hydrogen-bond acceptors (Lipinski definition) is 4. The van der Waals surface area contributed by atoms with Crippen LogP contribution >= 0.6 is 11.3 Å². The van der Waals surface area contributed by atoms with Crippen molar-refractivity contribution < 1.29 is 14.3 Å². The van der Waals surface area contributed by atoms with Gasteiger partial charge in [-0.05, 0) is 48.9 Å². The first-order chi connectivity index (χ1) is 11.7. The highest BCUT2D eigenvalue weighted by atomic mass is 32.1. The van der Waals surface area contributed by atoms with Gasteiger partial charge in [0.05, 0.1) is 12.0 Å². The summed E-state index contributed by atoms with van der Waals surface area (Å²) in [6.45, 7) is 0. The summed E-state index contributed by atoms with van der Waals surface area (Å²) in [7, 11) is 1.36. The zero-order valence-electron chi connectivity index (χ0n) is 13.5. The first-order valence-electron chi connectivity index (χ1n) is 8.25. The number of fused-ring (bicyclic) bond motifs is 1. The Kier molecular flexibility index (Phi) is 3.88. The van der Waals surface area contributed by atoms with E-state index in [-0.39, 0.29) is 17.9 Å². The SMILES string of the molecule is COC(=O)c1ccc(C(=O)N(C2CC2)C2Cc3ccccc3C2)s1. The lowest BCUT2D eigenvalue weighted by atomic mass is 10.1. The van der Waals surface area contributed by atoms with Crippen molar-refractivity contribution in [2.45, 2.75) is 37.8 Å². The van der Waals surface area contributed by atoms with Crippen molar-refractivity contribution in [1.29, 1.82) is 0 Å². The maximum Gasteiger partial charge on any atom is 0.348 e. The molecule has 124 valence electrons. The van der Waals surface area contributed by atoms with Crippen LogP contribution in [0.5, 0.6) is 0 Å². The van der Waals surface area contributed by atoms with Gasteiger partial charge in [-0.15, -0.1) is 11.3 Å². The second-order valence-corrected chi connectivity index (χ2v) is 7.51. The van der Waals surface area contributed by atoms with Gasteiger partial charge in [-0.1, -0.05) is 24.3 Å². The summed E-state index contributed by atoms with van der Waals surface area (Å²) in [4.78, 5) is 27.9. The highest BCUT2D eigenvalue weighted by molar-refractivity contribution is 7.15. The first-order valence-corrected chi connectivity index (χ1v) is 9.06. The van der Waals surface area contributed by atoms with E-state index in [1.807, 2.05) is 0 Å². The molecule has 1 amide bonds. The molecule has 1 aromatic carbocycles. The molecule has 0 unspecified atom stereocenters. The molecule has 4 rings (SSSR count). The van der Waals surface area contributed by atoms with E-state index in [1.54, 1.807) is 12.1 Å². The van der Waals surface area contributed by atoms with Gasteiger partial charge in [0, 0.05) is 12.1 Å². The van der Waals surface area contributed by atoms with Crippen LogP contribution in [-0.2, 0) is 17.6 Å². The predicted molar refractivity (Wildman–Crippen MR) is 92.5 cm³/mol. The number of benzene rings is 1. The van der Waals surface area contributed by atoms with Crippen molar-refractivity contribution >= 4 is 23.2 Å². The molecule has 1 aromatic heterocycles. The van der Waals surface area contributed by atoms with E-state index in [0.29, 0.717) is 15.8 Å². The second kappa shape index (κ2) is 6.06. The van der Waals surface area contributed by atoms with E-state index in [9.17, 15) is 9.59 Å². The van der Waals surface area contributed by atoms with Crippen LogP contribution in [0.1, 0.15) is 43.3 Å². The summed E-state index contributed by atoms with van der Waals surface area (Å²) in [6, 6.07) is 12.4. The molecular formula is C19H19NO3S. The van der Waals surface area contributed by atoms with E-state index in [4.69, 9.17) is 4.74 Å². The largest absolute Gasteiger partial charge is 0.465 e. The monoisotopic (exact) mass is 341 g/mol. The fraction of sp³-hybridized carbons (Fsp3) is 0.368. The lowest BCUT2D eigenvalue weighted by molar-refractivity contribution is 0.0605. The van der Waals surface area contributed by atoms with Crippen molar-refractivity contribution in [1.82, 2.24) is 4.90 Å². The third-order valence-electron chi connectivity index (χ3n) is 4.80. The second-order valence-electron chi connectivity index (χ2n) is 6.43. The molecule has 2 aromatic rings. The van der Waals surface area contributed by atoms with Crippen LogP contribution in [0, 0.1) is 0 Å². The number of carbonyl (C=O) groups excluding carboxylic acids is 2. The molecule has 24 heavy (non-hydrogen) atoms. The topological polar surface area (TPSA) is 46.6 Å². The van der Waals surface area contributed by atoms with Gasteiger partial charge in [-0.3, -0.25) is 4.79 Å². The molecule has 0 saturated heterocycles. The standard InChI is InChI=1S/C19H19NO3S/c1-23-19(22)17-9-8-16(24-17)18(21)20(14-6-7-14)15-10-12-4-2-3-5-13(12)11-15/h2-5,8-9,14-15H,6-7,10-11H2,1H3. The third-order valence-corrected chi connectivity index (χ3v) is 5.85. The quantitative estimate of drug-likeness (QED) is 0.802. The molecule has 0 radical (unpaired) electrons. The Morgan fingerprint density at radius 3 is 2.21 bits per heavy atom. The Bertz CT molecular complexity index is 768. The zero-order valence-corrected chi connectivity index (χ0v) is 14.3. The van der Waals surface area contributed by atoms with Crippen molar-refractivity contribution in [2.24, 2.45) is 0 Å². The molecule has 2 aliphatic carbocycles. The Hall–Kier alpha value is -2.14. The van der Waals surface area contributed by atoms with Gasteiger partial charge in [0.15, 0.2) is 0 Å². The summed E-state index contributed by atoms with van der Waals surface area (Å²) < 4.78 is 4.74. The van der Waals surface area contributed by atoms with Crippen LogP contribution < -0.4 is 0 Å². The summed E-state index contributed by atoms with van der Waals surface area (Å²) in [5.74, 6) is -0.333. The van der Waals surface area contributed by atoms with Crippen LogP contribution in [0.25, 0.3) is 0 Å². The first kappa shape index (κ1) is 15.4. The van der Waals surface area contributed by atoms with E-state index < -0.39 is 0 Å². The van der Waals surface area contributed by atoms with Crippen LogP contribution in [0.3, 0.4) is 0 Å². The average molecular weight is 341 g/mol. The molecule has 0 bridgehead atoms. The highest BCUT2D eigenvalue weighted by Gasteiger charge is 2.40. The number of methoxy groups -OCH3 is 1. The van der Waals surface area contributed by atoms with E-state index in [0.717, 1.165) is 25.7 Å².